The Labute approximate surface area is 148 Å². The van der Waals surface area contributed by atoms with Gasteiger partial charge in [-0.15, -0.1) is 6.42 Å². The van der Waals surface area contributed by atoms with Gasteiger partial charge in [-0.05, 0) is 18.6 Å². The predicted octanol–water partition coefficient (Wildman–Crippen LogP) is 0.159. The van der Waals surface area contributed by atoms with Crippen molar-refractivity contribution in [3.8, 4) is 12.3 Å². The molecule has 0 aromatic heterocycles. The van der Waals surface area contributed by atoms with E-state index in [9.17, 15) is 9.59 Å². The van der Waals surface area contributed by atoms with E-state index in [1.165, 1.54) is 0 Å². The number of hydrogen-bond donors (Lipinski definition) is 1. The van der Waals surface area contributed by atoms with E-state index in [0.29, 0.717) is 6.54 Å². The van der Waals surface area contributed by atoms with Crippen molar-refractivity contribution in [1.82, 2.24) is 15.1 Å². The first-order chi connectivity index (χ1) is 12.2. The second kappa shape index (κ2) is 8.15. The summed E-state index contributed by atoms with van der Waals surface area (Å²) in [6.07, 6.45) is 6.00. The summed E-state index contributed by atoms with van der Waals surface area (Å²) >= 11 is 0. The quantitative estimate of drug-likeness (QED) is 0.776. The van der Waals surface area contributed by atoms with Crippen molar-refractivity contribution in [3.05, 3.63) is 30.3 Å². The van der Waals surface area contributed by atoms with Crippen LogP contribution in [0, 0.1) is 12.3 Å². The highest BCUT2D eigenvalue weighted by atomic mass is 16.2. The molecule has 2 heterocycles. The van der Waals surface area contributed by atoms with Gasteiger partial charge in [0.1, 0.15) is 0 Å². The topological polar surface area (TPSA) is 55.9 Å². The molecule has 2 aliphatic rings. The van der Waals surface area contributed by atoms with Crippen molar-refractivity contribution in [3.63, 3.8) is 0 Å². The average Bonchev–Trinajstić information content (AvgIpc) is 3.03. The van der Waals surface area contributed by atoms with Gasteiger partial charge in [-0.3, -0.25) is 19.4 Å². The molecule has 0 spiro atoms. The number of hydrogen-bond acceptors (Lipinski definition) is 4. The van der Waals surface area contributed by atoms with Crippen LogP contribution in [0.25, 0.3) is 0 Å². The molecule has 0 radical (unpaired) electrons. The fraction of sp³-hybridized carbons (Fsp3) is 0.474. The first-order valence-electron chi connectivity index (χ1n) is 8.72. The second-order valence-electron chi connectivity index (χ2n) is 6.42. The minimum atomic E-state index is -0.0439. The molecule has 0 bridgehead atoms. The van der Waals surface area contributed by atoms with Gasteiger partial charge in [0, 0.05) is 38.4 Å². The van der Waals surface area contributed by atoms with E-state index in [1.807, 2.05) is 35.2 Å². The van der Waals surface area contributed by atoms with Gasteiger partial charge in [-0.25, -0.2) is 0 Å². The van der Waals surface area contributed by atoms with Gasteiger partial charge in [0.2, 0.25) is 11.8 Å². The van der Waals surface area contributed by atoms with Crippen LogP contribution < -0.4 is 10.2 Å². The molecule has 2 amide bonds. The number of carbonyl (C=O) groups excluding carboxylic acids is 2. The summed E-state index contributed by atoms with van der Waals surface area (Å²) in [5.74, 6) is 2.55. The number of benzene rings is 1. The molecule has 6 heteroatoms. The maximum absolute atomic E-state index is 12.8. The number of piperazine rings is 1. The molecule has 2 saturated heterocycles. The van der Waals surface area contributed by atoms with Gasteiger partial charge in [0.25, 0.3) is 0 Å². The third kappa shape index (κ3) is 4.19. The van der Waals surface area contributed by atoms with Crippen LogP contribution in [-0.2, 0) is 9.59 Å². The zero-order valence-corrected chi connectivity index (χ0v) is 14.4. The van der Waals surface area contributed by atoms with Crippen LogP contribution in [0.3, 0.4) is 0 Å². The van der Waals surface area contributed by atoms with Crippen LogP contribution in [-0.4, -0.2) is 73.5 Å². The molecule has 1 aromatic carbocycles. The van der Waals surface area contributed by atoms with Crippen LogP contribution >= 0.6 is 0 Å². The maximum Gasteiger partial charge on any atom is 0.244 e. The van der Waals surface area contributed by atoms with Crippen molar-refractivity contribution < 1.29 is 9.59 Å². The first-order valence-corrected chi connectivity index (χ1v) is 8.72. The first kappa shape index (κ1) is 17.5. The molecule has 1 aromatic rings. The Balaban J connectivity index is 1.50. The van der Waals surface area contributed by atoms with E-state index < -0.39 is 0 Å². The molecule has 0 saturated carbocycles. The number of anilines is 1. The third-order valence-corrected chi connectivity index (χ3v) is 4.85. The lowest BCUT2D eigenvalue weighted by Gasteiger charge is -2.36. The Hall–Kier alpha value is -2.36. The Morgan fingerprint density at radius 3 is 2.56 bits per heavy atom. The summed E-state index contributed by atoms with van der Waals surface area (Å²) in [5.41, 5.74) is 0.971. The number of para-hydroxylation sites is 1. The molecule has 1 atom stereocenters. The smallest absolute Gasteiger partial charge is 0.244 e. The zero-order chi connectivity index (χ0) is 17.6. The van der Waals surface area contributed by atoms with Crippen molar-refractivity contribution in [2.24, 2.45) is 0 Å². The monoisotopic (exact) mass is 340 g/mol. The molecular weight excluding hydrogens is 316 g/mol. The summed E-state index contributed by atoms with van der Waals surface area (Å²) in [6.45, 7) is 4.59. The van der Waals surface area contributed by atoms with Gasteiger partial charge in [-0.1, -0.05) is 24.1 Å². The lowest BCUT2D eigenvalue weighted by atomic mass is 10.2. The van der Waals surface area contributed by atoms with Gasteiger partial charge in [0.15, 0.2) is 0 Å². The molecule has 1 N–H and O–H groups in total. The van der Waals surface area contributed by atoms with E-state index >= 15 is 0 Å². The van der Waals surface area contributed by atoms with Crippen molar-refractivity contribution in [2.45, 2.75) is 12.5 Å². The molecule has 3 rings (SSSR count). The highest BCUT2D eigenvalue weighted by molar-refractivity contribution is 5.99. The van der Waals surface area contributed by atoms with Gasteiger partial charge >= 0.3 is 0 Å². The van der Waals surface area contributed by atoms with Crippen molar-refractivity contribution >= 4 is 17.5 Å². The summed E-state index contributed by atoms with van der Waals surface area (Å²) in [7, 11) is 0. The van der Waals surface area contributed by atoms with Crippen LogP contribution in [0.2, 0.25) is 0 Å². The van der Waals surface area contributed by atoms with Crippen molar-refractivity contribution in [1.29, 1.82) is 0 Å². The number of amides is 2. The lowest BCUT2D eigenvalue weighted by molar-refractivity contribution is -0.125. The summed E-state index contributed by atoms with van der Waals surface area (Å²) in [4.78, 5) is 30.7. The third-order valence-electron chi connectivity index (χ3n) is 4.85. The predicted molar refractivity (Wildman–Crippen MR) is 97.1 cm³/mol. The summed E-state index contributed by atoms with van der Waals surface area (Å²) in [5, 5.41) is 2.69. The second-order valence-corrected chi connectivity index (χ2v) is 6.42. The number of terminal acetylenes is 1. The molecule has 0 aliphatic carbocycles. The van der Waals surface area contributed by atoms with Gasteiger partial charge < -0.3 is 10.2 Å². The molecular formula is C19H24N4O2. The Morgan fingerprint density at radius 1 is 1.16 bits per heavy atom. The number of rotatable bonds is 5. The van der Waals surface area contributed by atoms with Crippen molar-refractivity contribution in [2.75, 3.05) is 50.7 Å². The number of carbonyl (C=O) groups is 2. The zero-order valence-electron chi connectivity index (χ0n) is 14.4. The Bertz CT molecular complexity index is 647. The molecule has 2 aliphatic heterocycles. The SMILES string of the molecule is C#CCNC(=O)CN1CCN([C@@H]2CCN(c3ccccc3)C2=O)CC1. The van der Waals surface area contributed by atoms with Gasteiger partial charge in [-0.2, -0.15) is 0 Å². The minimum absolute atomic E-state index is 0.0430. The Kier molecular flexibility index (Phi) is 5.69. The van der Waals surface area contributed by atoms with Gasteiger partial charge in [0.05, 0.1) is 19.1 Å². The van der Waals surface area contributed by atoms with Crippen LogP contribution in [0.5, 0.6) is 0 Å². The maximum atomic E-state index is 12.8. The summed E-state index contributed by atoms with van der Waals surface area (Å²) in [6, 6.07) is 9.79. The van der Waals surface area contributed by atoms with Crippen LogP contribution in [0.1, 0.15) is 6.42 Å². The number of nitrogens with one attached hydrogen (secondary N) is 1. The molecule has 2 fully saturated rings. The van der Waals surface area contributed by atoms with E-state index in [2.05, 4.69) is 21.0 Å². The standard InChI is InChI=1S/C19H24N4O2/c1-2-9-20-18(24)15-21-11-13-22(14-12-21)17-8-10-23(19(17)25)16-6-4-3-5-7-16/h1,3-7,17H,8-15H2,(H,20,24)/t17-/m1/s1. The van der Waals surface area contributed by atoms with E-state index in [-0.39, 0.29) is 24.4 Å². The molecule has 6 nitrogen and oxygen atoms in total. The fourth-order valence-corrected chi connectivity index (χ4v) is 3.51. The highest BCUT2D eigenvalue weighted by Crippen LogP contribution is 2.24. The largest absolute Gasteiger partial charge is 0.344 e. The average molecular weight is 340 g/mol. The molecule has 0 unspecified atom stereocenters. The van der Waals surface area contributed by atoms with E-state index in [1.54, 1.807) is 0 Å². The summed E-state index contributed by atoms with van der Waals surface area (Å²) < 4.78 is 0. The Morgan fingerprint density at radius 2 is 1.88 bits per heavy atom. The van der Waals surface area contributed by atoms with E-state index in [4.69, 9.17) is 6.42 Å². The van der Waals surface area contributed by atoms with E-state index in [0.717, 1.165) is 44.8 Å². The highest BCUT2D eigenvalue weighted by Gasteiger charge is 2.37. The normalized spacial score (nSPS) is 22.0. The van der Waals surface area contributed by atoms with Crippen LogP contribution in [0.4, 0.5) is 5.69 Å². The number of nitrogens with zero attached hydrogens (tertiary/aromatic N) is 3. The lowest BCUT2D eigenvalue weighted by Crippen LogP contribution is -2.54. The fourth-order valence-electron chi connectivity index (χ4n) is 3.51. The van der Waals surface area contributed by atoms with Crippen LogP contribution in [0.15, 0.2) is 30.3 Å². The molecule has 132 valence electrons. The minimum Gasteiger partial charge on any atom is -0.344 e. The molecule has 25 heavy (non-hydrogen) atoms.